The van der Waals surface area contributed by atoms with Crippen LogP contribution in [0.4, 0.5) is 0 Å². The van der Waals surface area contributed by atoms with Gasteiger partial charge in [-0.2, -0.15) is 0 Å². The summed E-state index contributed by atoms with van der Waals surface area (Å²) in [6.07, 6.45) is 3.25. The van der Waals surface area contributed by atoms with Crippen LogP contribution in [0.3, 0.4) is 0 Å². The molecule has 3 nitrogen and oxygen atoms in total. The van der Waals surface area contributed by atoms with Crippen molar-refractivity contribution >= 4 is 6.08 Å². The fourth-order valence-corrected chi connectivity index (χ4v) is 0.597. The van der Waals surface area contributed by atoms with Crippen LogP contribution in [0.2, 0.25) is 0 Å². The molecule has 0 amide bonds. The number of aromatic nitrogens is 1. The van der Waals surface area contributed by atoms with E-state index in [1.807, 2.05) is 13.0 Å². The Morgan fingerprint density at radius 1 is 1.70 bits per heavy atom. The highest BCUT2D eigenvalue weighted by Crippen LogP contribution is 2.03. The summed E-state index contributed by atoms with van der Waals surface area (Å²) in [6, 6.07) is 1.83. The molecule has 0 saturated carbocycles. The highest BCUT2D eigenvalue weighted by molar-refractivity contribution is 5.40. The van der Waals surface area contributed by atoms with Crippen molar-refractivity contribution in [1.29, 1.82) is 0 Å². The van der Waals surface area contributed by atoms with Crippen LogP contribution in [0.15, 0.2) is 16.9 Å². The summed E-state index contributed by atoms with van der Waals surface area (Å²) in [5.74, 6) is 0.708. The first-order valence-electron chi connectivity index (χ1n) is 2.95. The average molecular weight is 139 g/mol. The Labute approximate surface area is 59.3 Å². The van der Waals surface area contributed by atoms with E-state index in [9.17, 15) is 0 Å². The van der Waals surface area contributed by atoms with Crippen molar-refractivity contribution in [3.63, 3.8) is 0 Å². The van der Waals surface area contributed by atoms with E-state index in [0.717, 1.165) is 5.69 Å². The first-order valence-corrected chi connectivity index (χ1v) is 2.95. The zero-order chi connectivity index (χ0) is 7.40. The molecule has 0 aliphatic rings. The number of methoxy groups -OCH3 is 1. The van der Waals surface area contributed by atoms with Crippen molar-refractivity contribution in [1.82, 2.24) is 5.16 Å². The number of nitrogens with zero attached hydrogens (tertiary/aromatic N) is 1. The van der Waals surface area contributed by atoms with Crippen LogP contribution in [0.5, 0.6) is 0 Å². The molecule has 0 aromatic carbocycles. The maximum absolute atomic E-state index is 4.85. The molecule has 1 aromatic rings. The quantitative estimate of drug-likeness (QED) is 0.584. The number of hydrogen-bond donors (Lipinski definition) is 0. The van der Waals surface area contributed by atoms with Crippen molar-refractivity contribution in [2.24, 2.45) is 0 Å². The van der Waals surface area contributed by atoms with Crippen LogP contribution in [0.1, 0.15) is 11.5 Å². The molecule has 1 heterocycles. The van der Waals surface area contributed by atoms with E-state index in [1.54, 1.807) is 19.4 Å². The molecule has 10 heavy (non-hydrogen) atoms. The number of rotatable bonds is 2. The lowest BCUT2D eigenvalue weighted by Crippen LogP contribution is -1.64. The second-order valence-electron chi connectivity index (χ2n) is 1.91. The second kappa shape index (κ2) is 3.06. The Bertz CT molecular complexity index is 227. The van der Waals surface area contributed by atoms with Crippen LogP contribution in [-0.2, 0) is 4.74 Å². The third-order valence-electron chi connectivity index (χ3n) is 1.01. The molecule has 0 aliphatic heterocycles. The van der Waals surface area contributed by atoms with Crippen molar-refractivity contribution in [3.8, 4) is 0 Å². The zero-order valence-corrected chi connectivity index (χ0v) is 6.00. The summed E-state index contributed by atoms with van der Waals surface area (Å²) in [6.45, 7) is 1.87. The standard InChI is InChI=1S/C7H9NO2/c1-6-5-7(10-8-6)3-4-9-2/h3-5H,1-2H3/b4-3+. The van der Waals surface area contributed by atoms with E-state index in [2.05, 4.69) is 9.89 Å². The SMILES string of the molecule is CO/C=C/c1cc(C)no1. The van der Waals surface area contributed by atoms with Crippen LogP contribution < -0.4 is 0 Å². The van der Waals surface area contributed by atoms with Crippen LogP contribution in [0.25, 0.3) is 6.08 Å². The minimum Gasteiger partial charge on any atom is -0.504 e. The van der Waals surface area contributed by atoms with Gasteiger partial charge in [0, 0.05) is 12.1 Å². The van der Waals surface area contributed by atoms with Gasteiger partial charge >= 0.3 is 0 Å². The lowest BCUT2D eigenvalue weighted by atomic mass is 10.4. The highest BCUT2D eigenvalue weighted by Gasteiger charge is 1.93. The van der Waals surface area contributed by atoms with E-state index in [4.69, 9.17) is 4.52 Å². The predicted octanol–water partition coefficient (Wildman–Crippen LogP) is 1.60. The summed E-state index contributed by atoms with van der Waals surface area (Å²) in [7, 11) is 1.58. The monoisotopic (exact) mass is 139 g/mol. The minimum atomic E-state index is 0.708. The third-order valence-corrected chi connectivity index (χ3v) is 1.01. The van der Waals surface area contributed by atoms with Crippen LogP contribution in [0, 0.1) is 6.92 Å². The molecule has 0 saturated heterocycles. The van der Waals surface area contributed by atoms with Gasteiger partial charge in [0.1, 0.15) is 0 Å². The predicted molar refractivity (Wildman–Crippen MR) is 37.3 cm³/mol. The van der Waals surface area contributed by atoms with E-state index in [0.29, 0.717) is 5.76 Å². The van der Waals surface area contributed by atoms with Gasteiger partial charge in [-0.3, -0.25) is 0 Å². The van der Waals surface area contributed by atoms with Gasteiger partial charge in [0.15, 0.2) is 5.76 Å². The van der Waals surface area contributed by atoms with Gasteiger partial charge in [-0.25, -0.2) is 0 Å². The van der Waals surface area contributed by atoms with Gasteiger partial charge in [0.05, 0.1) is 19.1 Å². The number of ether oxygens (including phenoxy) is 1. The smallest absolute Gasteiger partial charge is 0.162 e. The van der Waals surface area contributed by atoms with Gasteiger partial charge in [0.25, 0.3) is 0 Å². The topological polar surface area (TPSA) is 35.3 Å². The highest BCUT2D eigenvalue weighted by atomic mass is 16.5. The summed E-state index contributed by atoms with van der Waals surface area (Å²) in [4.78, 5) is 0. The Morgan fingerprint density at radius 3 is 3.00 bits per heavy atom. The molecule has 0 N–H and O–H groups in total. The van der Waals surface area contributed by atoms with Crippen molar-refractivity contribution in [2.45, 2.75) is 6.92 Å². The second-order valence-corrected chi connectivity index (χ2v) is 1.91. The van der Waals surface area contributed by atoms with E-state index < -0.39 is 0 Å². The maximum atomic E-state index is 4.85. The van der Waals surface area contributed by atoms with E-state index in [-0.39, 0.29) is 0 Å². The molecular formula is C7H9NO2. The van der Waals surface area contributed by atoms with Gasteiger partial charge < -0.3 is 9.26 Å². The molecule has 0 radical (unpaired) electrons. The fourth-order valence-electron chi connectivity index (χ4n) is 0.597. The third kappa shape index (κ3) is 1.62. The molecule has 0 spiro atoms. The van der Waals surface area contributed by atoms with E-state index in [1.165, 1.54) is 0 Å². The minimum absolute atomic E-state index is 0.708. The Morgan fingerprint density at radius 2 is 2.50 bits per heavy atom. The van der Waals surface area contributed by atoms with Gasteiger partial charge in [0.2, 0.25) is 0 Å². The van der Waals surface area contributed by atoms with E-state index >= 15 is 0 Å². The van der Waals surface area contributed by atoms with Crippen molar-refractivity contribution in [3.05, 3.63) is 23.8 Å². The molecular weight excluding hydrogens is 130 g/mol. The van der Waals surface area contributed by atoms with Crippen molar-refractivity contribution < 1.29 is 9.26 Å². The number of aryl methyl sites for hydroxylation is 1. The van der Waals surface area contributed by atoms with Crippen molar-refractivity contribution in [2.75, 3.05) is 7.11 Å². The summed E-state index contributed by atoms with van der Waals surface area (Å²) in [5, 5.41) is 3.69. The fraction of sp³-hybridized carbons (Fsp3) is 0.286. The lowest BCUT2D eigenvalue weighted by Gasteiger charge is -1.81. The average Bonchev–Trinajstić information content (AvgIpc) is 2.31. The van der Waals surface area contributed by atoms with Crippen LogP contribution >= 0.6 is 0 Å². The molecule has 0 aliphatic carbocycles. The van der Waals surface area contributed by atoms with Gasteiger partial charge in [-0.1, -0.05) is 5.16 Å². The summed E-state index contributed by atoms with van der Waals surface area (Å²) < 4.78 is 9.54. The lowest BCUT2D eigenvalue weighted by molar-refractivity contribution is 0.339. The molecule has 0 atom stereocenters. The molecule has 3 heteroatoms. The Hall–Kier alpha value is -1.25. The van der Waals surface area contributed by atoms with Gasteiger partial charge in [-0.05, 0) is 6.92 Å². The largest absolute Gasteiger partial charge is 0.504 e. The van der Waals surface area contributed by atoms with Gasteiger partial charge in [-0.15, -0.1) is 0 Å². The van der Waals surface area contributed by atoms with Crippen LogP contribution in [-0.4, -0.2) is 12.3 Å². The zero-order valence-electron chi connectivity index (χ0n) is 6.00. The Balaban J connectivity index is 2.67. The molecule has 1 rings (SSSR count). The molecule has 0 unspecified atom stereocenters. The summed E-state index contributed by atoms with van der Waals surface area (Å²) in [5.41, 5.74) is 0.871. The Kier molecular flexibility index (Phi) is 2.10. The molecule has 1 aromatic heterocycles. The molecule has 0 bridgehead atoms. The maximum Gasteiger partial charge on any atom is 0.162 e. The molecule has 54 valence electrons. The number of hydrogen-bond acceptors (Lipinski definition) is 3. The first-order chi connectivity index (χ1) is 4.83. The summed E-state index contributed by atoms with van der Waals surface area (Å²) >= 11 is 0. The first kappa shape index (κ1) is 6.86. The normalized spacial score (nSPS) is 10.6. The molecule has 0 fully saturated rings.